The summed E-state index contributed by atoms with van der Waals surface area (Å²) in [7, 11) is 0. The molecule has 0 aliphatic carbocycles. The van der Waals surface area contributed by atoms with E-state index in [0.29, 0.717) is 5.92 Å². The van der Waals surface area contributed by atoms with Gasteiger partial charge < -0.3 is 12.4 Å². The van der Waals surface area contributed by atoms with E-state index in [1.165, 1.54) is 17.5 Å². The summed E-state index contributed by atoms with van der Waals surface area (Å²) in [5.41, 5.74) is 2.55. The van der Waals surface area contributed by atoms with Gasteiger partial charge in [0.25, 0.3) is 0 Å². The quantitative estimate of drug-likeness (QED) is 0.473. The molecule has 0 aromatic heterocycles. The second kappa shape index (κ2) is 7.54. The molecular formula is C11H15ClMg. The van der Waals surface area contributed by atoms with Crippen LogP contribution in [-0.2, 0) is 0 Å². The summed E-state index contributed by atoms with van der Waals surface area (Å²) >= 11 is 0. The number of benzene rings is 1. The van der Waals surface area contributed by atoms with Crippen molar-refractivity contribution in [3.8, 4) is 0 Å². The van der Waals surface area contributed by atoms with Gasteiger partial charge in [-0.25, -0.2) is 0 Å². The Morgan fingerprint density at radius 2 is 1.85 bits per heavy atom. The van der Waals surface area contributed by atoms with Crippen LogP contribution in [0.25, 0.3) is 0 Å². The third-order valence-electron chi connectivity index (χ3n) is 2.20. The second-order valence-corrected chi connectivity index (χ2v) is 3.01. The maximum Gasteiger partial charge on any atom is 2.00 e. The van der Waals surface area contributed by atoms with E-state index in [-0.39, 0.29) is 35.5 Å². The van der Waals surface area contributed by atoms with Gasteiger partial charge in [-0.1, -0.05) is 32.3 Å². The number of halogens is 1. The SMILES string of the molecule is [CH2-]c1ccccc1C(C)CC.[Cl-].[Mg+2]. The molecule has 0 bridgehead atoms. The van der Waals surface area contributed by atoms with E-state index < -0.39 is 0 Å². The summed E-state index contributed by atoms with van der Waals surface area (Å²) in [6.07, 6.45) is 1.19. The molecule has 0 saturated carbocycles. The predicted molar refractivity (Wildman–Crippen MR) is 55.4 cm³/mol. The van der Waals surface area contributed by atoms with Gasteiger partial charge in [0.05, 0.1) is 0 Å². The van der Waals surface area contributed by atoms with E-state index >= 15 is 0 Å². The molecule has 0 spiro atoms. The summed E-state index contributed by atoms with van der Waals surface area (Å²) in [4.78, 5) is 0. The molecule has 13 heavy (non-hydrogen) atoms. The van der Waals surface area contributed by atoms with Gasteiger partial charge in [0.2, 0.25) is 0 Å². The molecule has 0 aliphatic rings. The largest absolute Gasteiger partial charge is 2.00 e. The topological polar surface area (TPSA) is 0 Å². The van der Waals surface area contributed by atoms with Crippen LogP contribution in [0.1, 0.15) is 37.3 Å². The van der Waals surface area contributed by atoms with E-state index in [1.807, 2.05) is 6.07 Å². The van der Waals surface area contributed by atoms with Gasteiger partial charge in [0, 0.05) is 0 Å². The van der Waals surface area contributed by atoms with Gasteiger partial charge in [-0.3, -0.25) is 0 Å². The van der Waals surface area contributed by atoms with E-state index in [2.05, 4.69) is 39.0 Å². The molecule has 0 heterocycles. The van der Waals surface area contributed by atoms with Crippen molar-refractivity contribution >= 4 is 23.1 Å². The zero-order valence-corrected chi connectivity index (χ0v) is 10.6. The van der Waals surface area contributed by atoms with Crippen molar-refractivity contribution < 1.29 is 12.4 Å². The molecular weight excluding hydrogens is 192 g/mol. The van der Waals surface area contributed by atoms with Gasteiger partial charge in [-0.15, -0.1) is 17.7 Å². The van der Waals surface area contributed by atoms with Crippen LogP contribution in [0.5, 0.6) is 0 Å². The molecule has 0 aliphatic heterocycles. The Bertz CT molecular complexity index is 235. The Kier molecular flexibility index (Phi) is 9.06. The molecule has 0 N–H and O–H groups in total. The Balaban J connectivity index is 0. The van der Waals surface area contributed by atoms with Crippen LogP contribution in [0.2, 0.25) is 0 Å². The number of hydrogen-bond donors (Lipinski definition) is 0. The number of rotatable bonds is 2. The van der Waals surface area contributed by atoms with Crippen molar-refractivity contribution in [2.45, 2.75) is 26.2 Å². The predicted octanol–water partition coefficient (Wildman–Crippen LogP) is 0.00549. The Morgan fingerprint density at radius 1 is 1.31 bits per heavy atom. The minimum Gasteiger partial charge on any atom is -1.00 e. The fourth-order valence-corrected chi connectivity index (χ4v) is 1.23. The zero-order valence-electron chi connectivity index (χ0n) is 8.39. The van der Waals surface area contributed by atoms with Crippen LogP contribution in [0.4, 0.5) is 0 Å². The maximum atomic E-state index is 3.99. The fraction of sp³-hybridized carbons (Fsp3) is 0.364. The summed E-state index contributed by atoms with van der Waals surface area (Å²) in [5.74, 6) is 0.642. The minimum absolute atomic E-state index is 0. The van der Waals surface area contributed by atoms with Crippen molar-refractivity contribution in [3.05, 3.63) is 42.3 Å². The van der Waals surface area contributed by atoms with Crippen molar-refractivity contribution in [3.63, 3.8) is 0 Å². The summed E-state index contributed by atoms with van der Waals surface area (Å²) in [5, 5.41) is 0. The molecule has 0 fully saturated rings. The Labute approximate surface area is 104 Å². The molecule has 0 amide bonds. The van der Waals surface area contributed by atoms with Crippen molar-refractivity contribution in [1.82, 2.24) is 0 Å². The maximum absolute atomic E-state index is 3.99. The van der Waals surface area contributed by atoms with Crippen molar-refractivity contribution in [2.75, 3.05) is 0 Å². The van der Waals surface area contributed by atoms with Crippen LogP contribution in [0.15, 0.2) is 24.3 Å². The molecule has 0 saturated heterocycles. The summed E-state index contributed by atoms with van der Waals surface area (Å²) in [6, 6.07) is 8.35. The van der Waals surface area contributed by atoms with Gasteiger partial charge in [-0.2, -0.15) is 18.6 Å². The fourth-order valence-electron chi connectivity index (χ4n) is 1.23. The minimum atomic E-state index is 0. The van der Waals surface area contributed by atoms with Crippen LogP contribution >= 0.6 is 0 Å². The average Bonchev–Trinajstić information content (AvgIpc) is 2.04. The number of hydrogen-bond acceptors (Lipinski definition) is 0. The molecule has 2 heteroatoms. The molecule has 1 aromatic carbocycles. The Hall–Kier alpha value is 0.146. The van der Waals surface area contributed by atoms with Gasteiger partial charge in [-0.05, 0) is 0 Å². The summed E-state index contributed by atoms with van der Waals surface area (Å²) in [6.45, 7) is 8.44. The van der Waals surface area contributed by atoms with Crippen LogP contribution in [0.3, 0.4) is 0 Å². The first-order valence-electron chi connectivity index (χ1n) is 4.16. The normalized spacial score (nSPS) is 10.9. The molecule has 1 unspecified atom stereocenters. The zero-order chi connectivity index (χ0) is 8.27. The Morgan fingerprint density at radius 3 is 2.31 bits per heavy atom. The van der Waals surface area contributed by atoms with Crippen LogP contribution < -0.4 is 12.4 Å². The molecule has 0 nitrogen and oxygen atoms in total. The van der Waals surface area contributed by atoms with Crippen molar-refractivity contribution in [2.24, 2.45) is 0 Å². The van der Waals surface area contributed by atoms with Gasteiger partial charge in [0.15, 0.2) is 0 Å². The third-order valence-corrected chi connectivity index (χ3v) is 2.20. The van der Waals surface area contributed by atoms with Gasteiger partial charge >= 0.3 is 23.1 Å². The molecule has 68 valence electrons. The second-order valence-electron chi connectivity index (χ2n) is 3.01. The van der Waals surface area contributed by atoms with E-state index in [9.17, 15) is 0 Å². The van der Waals surface area contributed by atoms with Crippen molar-refractivity contribution in [1.29, 1.82) is 0 Å². The molecule has 1 rings (SSSR count). The molecule has 1 aromatic rings. The van der Waals surface area contributed by atoms with Crippen LogP contribution in [0, 0.1) is 6.92 Å². The molecule has 1 atom stereocenters. The van der Waals surface area contributed by atoms with E-state index in [4.69, 9.17) is 0 Å². The van der Waals surface area contributed by atoms with E-state index in [0.717, 1.165) is 0 Å². The van der Waals surface area contributed by atoms with Gasteiger partial charge in [0.1, 0.15) is 0 Å². The van der Waals surface area contributed by atoms with Crippen LogP contribution in [-0.4, -0.2) is 23.1 Å². The van der Waals surface area contributed by atoms with E-state index in [1.54, 1.807) is 0 Å². The first kappa shape index (κ1) is 15.6. The first-order chi connectivity index (χ1) is 5.25. The monoisotopic (exact) mass is 206 g/mol. The first-order valence-corrected chi connectivity index (χ1v) is 4.16. The standard InChI is InChI=1S/C11H15.ClH.Mg/c1-4-9(2)11-8-6-5-7-10(11)3;;/h5-9H,3-4H2,1-2H3;1H;/q-1;;+2/p-1. The molecule has 0 radical (unpaired) electrons. The smallest absolute Gasteiger partial charge is 1.00 e. The average molecular weight is 207 g/mol. The summed E-state index contributed by atoms with van der Waals surface area (Å²) < 4.78 is 0. The third kappa shape index (κ3) is 4.25.